The fourth-order valence-electron chi connectivity index (χ4n) is 5.39. The number of phosphoric acid groups is 1. The molecule has 0 aromatic carbocycles. The molecule has 0 fully saturated rings. The molecule has 1 unspecified atom stereocenters. The Morgan fingerprint density at radius 3 is 1.56 bits per heavy atom. The van der Waals surface area contributed by atoms with Gasteiger partial charge in [0.1, 0.15) is 12.7 Å². The fourth-order valence-corrected chi connectivity index (χ4v) is 6.18. The zero-order valence-corrected chi connectivity index (χ0v) is 35.3. The highest BCUT2D eigenvalue weighted by Gasteiger charge is 2.27. The molecule has 11 heteroatoms. The Morgan fingerprint density at radius 1 is 0.564 bits per heavy atom. The summed E-state index contributed by atoms with van der Waals surface area (Å²) in [5, 5.41) is 18.3. The maximum absolute atomic E-state index is 12.6. The minimum Gasteiger partial charge on any atom is -0.462 e. The van der Waals surface area contributed by atoms with Gasteiger partial charge in [-0.25, -0.2) is 4.57 Å². The van der Waals surface area contributed by atoms with Crippen LogP contribution < -0.4 is 0 Å². The predicted molar refractivity (Wildman–Crippen MR) is 224 cm³/mol. The van der Waals surface area contributed by atoms with Crippen molar-refractivity contribution in [3.8, 4) is 0 Å². The van der Waals surface area contributed by atoms with Crippen LogP contribution in [0.4, 0.5) is 0 Å². The molecule has 3 N–H and O–H groups in total. The Labute approximate surface area is 334 Å². The predicted octanol–water partition coefficient (Wildman–Crippen LogP) is 11.1. The number of aliphatic hydroxyl groups is 2. The zero-order valence-electron chi connectivity index (χ0n) is 34.4. The maximum atomic E-state index is 12.6. The van der Waals surface area contributed by atoms with Crippen molar-refractivity contribution in [2.24, 2.45) is 0 Å². The highest BCUT2D eigenvalue weighted by Crippen LogP contribution is 2.43. The average molecular weight is 797 g/mol. The van der Waals surface area contributed by atoms with Gasteiger partial charge in [-0.05, 0) is 77.0 Å². The van der Waals surface area contributed by atoms with Crippen molar-refractivity contribution >= 4 is 19.8 Å². The largest absolute Gasteiger partial charge is 0.472 e. The molecule has 0 spiro atoms. The van der Waals surface area contributed by atoms with E-state index in [9.17, 15) is 24.2 Å². The number of unbranched alkanes of at least 4 members (excludes halogenated alkanes) is 15. The second kappa shape index (κ2) is 39.9. The third kappa shape index (κ3) is 39.7. The lowest BCUT2D eigenvalue weighted by Crippen LogP contribution is -2.29. The van der Waals surface area contributed by atoms with Crippen LogP contribution in [0.5, 0.6) is 0 Å². The lowest BCUT2D eigenvalue weighted by Gasteiger charge is -2.20. The third-order valence-electron chi connectivity index (χ3n) is 8.66. The second-order valence-electron chi connectivity index (χ2n) is 14.0. The molecule has 55 heavy (non-hydrogen) atoms. The van der Waals surface area contributed by atoms with Crippen LogP contribution in [-0.4, -0.2) is 65.7 Å². The van der Waals surface area contributed by atoms with Crippen LogP contribution in [0.15, 0.2) is 60.8 Å². The van der Waals surface area contributed by atoms with Gasteiger partial charge in [-0.2, -0.15) is 0 Å². The first-order valence-corrected chi connectivity index (χ1v) is 22.7. The van der Waals surface area contributed by atoms with E-state index in [4.69, 9.17) is 19.1 Å². The number of carbonyl (C=O) groups is 2. The Morgan fingerprint density at radius 2 is 1.00 bits per heavy atom. The lowest BCUT2D eigenvalue weighted by molar-refractivity contribution is -0.161. The van der Waals surface area contributed by atoms with E-state index < -0.39 is 51.8 Å². The summed E-state index contributed by atoms with van der Waals surface area (Å²) in [5.74, 6) is -0.982. The van der Waals surface area contributed by atoms with Crippen molar-refractivity contribution in [3.05, 3.63) is 60.8 Å². The van der Waals surface area contributed by atoms with Gasteiger partial charge in [0.05, 0.1) is 19.8 Å². The first-order valence-electron chi connectivity index (χ1n) is 21.2. The normalized spacial score (nSPS) is 14.5. The van der Waals surface area contributed by atoms with E-state index in [0.29, 0.717) is 12.8 Å². The highest BCUT2D eigenvalue weighted by atomic mass is 31.2. The Hall–Kier alpha value is -2.33. The number of rotatable bonds is 39. The molecular formula is C44H77O10P. The number of carbonyl (C=O) groups excluding carboxylic acids is 2. The van der Waals surface area contributed by atoms with E-state index >= 15 is 0 Å². The summed E-state index contributed by atoms with van der Waals surface area (Å²) in [7, 11) is -4.63. The van der Waals surface area contributed by atoms with Crippen molar-refractivity contribution in [2.45, 2.75) is 180 Å². The summed E-state index contributed by atoms with van der Waals surface area (Å²) in [6.07, 6.45) is 43.3. The summed E-state index contributed by atoms with van der Waals surface area (Å²) >= 11 is 0. The van der Waals surface area contributed by atoms with Crippen molar-refractivity contribution in [1.29, 1.82) is 0 Å². The van der Waals surface area contributed by atoms with Crippen LogP contribution in [-0.2, 0) is 32.7 Å². The molecule has 0 bridgehead atoms. The molecule has 0 amide bonds. The molecule has 0 rings (SSSR count). The van der Waals surface area contributed by atoms with Gasteiger partial charge in [0.15, 0.2) is 6.10 Å². The topological polar surface area (TPSA) is 149 Å². The van der Waals surface area contributed by atoms with Crippen molar-refractivity contribution in [3.63, 3.8) is 0 Å². The van der Waals surface area contributed by atoms with Crippen LogP contribution in [0.3, 0.4) is 0 Å². The second-order valence-corrected chi connectivity index (χ2v) is 15.4. The number of allylic oxidation sites excluding steroid dienone is 10. The molecule has 318 valence electrons. The van der Waals surface area contributed by atoms with E-state index in [-0.39, 0.29) is 19.4 Å². The van der Waals surface area contributed by atoms with Crippen molar-refractivity contribution in [2.75, 3.05) is 26.4 Å². The molecule has 0 radical (unpaired) electrons. The average Bonchev–Trinajstić information content (AvgIpc) is 3.17. The minimum absolute atomic E-state index is 0.129. The number of hydrogen-bond donors (Lipinski definition) is 3. The van der Waals surface area contributed by atoms with Crippen LogP contribution in [0.25, 0.3) is 0 Å². The quantitative estimate of drug-likeness (QED) is 0.0237. The summed E-state index contributed by atoms with van der Waals surface area (Å²) in [6, 6.07) is 0. The number of aliphatic hydroxyl groups excluding tert-OH is 2. The van der Waals surface area contributed by atoms with Crippen LogP contribution in [0, 0.1) is 0 Å². The Bertz CT molecular complexity index is 1100. The van der Waals surface area contributed by atoms with E-state index in [2.05, 4.69) is 79.1 Å². The number of phosphoric ester groups is 1. The van der Waals surface area contributed by atoms with Gasteiger partial charge in [-0.3, -0.25) is 18.6 Å². The SMILES string of the molecule is CC/C=C/C/C=C/C/C=C/C/C=C/CCCCC(=O)O[C@H](COC(=O)CCCCCCCCC/C=C/CCCCCCCC)COP(=O)(O)OC[C@@H](O)CO. The number of esters is 2. The summed E-state index contributed by atoms with van der Waals surface area (Å²) in [6.45, 7) is 2.20. The van der Waals surface area contributed by atoms with Gasteiger partial charge in [-0.15, -0.1) is 0 Å². The van der Waals surface area contributed by atoms with Gasteiger partial charge >= 0.3 is 19.8 Å². The first kappa shape index (κ1) is 52.7. The minimum atomic E-state index is -4.63. The number of ether oxygens (including phenoxy) is 2. The maximum Gasteiger partial charge on any atom is 0.472 e. The van der Waals surface area contributed by atoms with Gasteiger partial charge in [-0.1, -0.05) is 139 Å². The standard InChI is InChI=1S/C44H77O10P/c1-3-5-7-9-11-13-15-17-19-20-22-23-25-27-29-31-33-35-43(47)51-39-42(40-53-55(49,50)52-38-41(46)37-45)54-44(48)36-34-32-30-28-26-24-21-18-16-14-12-10-8-6-4-2/h6,8,12,14,17-19,21,26,28,41-42,45-46H,3-5,7,9-11,13,15-16,20,22-25,27,29-40H2,1-2H3,(H,49,50)/b8-6+,14-12+,19-17+,21-18+,28-26+/t41-,42+/m0/s1. The molecule has 10 nitrogen and oxygen atoms in total. The zero-order chi connectivity index (χ0) is 40.5. The van der Waals surface area contributed by atoms with Gasteiger partial charge in [0.2, 0.25) is 0 Å². The van der Waals surface area contributed by atoms with E-state index in [1.165, 1.54) is 64.2 Å². The molecule has 3 atom stereocenters. The third-order valence-corrected chi connectivity index (χ3v) is 9.61. The van der Waals surface area contributed by atoms with E-state index in [1.807, 2.05) is 0 Å². The Kier molecular flexibility index (Phi) is 38.2. The molecule has 0 aliphatic rings. The smallest absolute Gasteiger partial charge is 0.462 e. The molecule has 0 aromatic rings. The van der Waals surface area contributed by atoms with Crippen molar-refractivity contribution in [1.82, 2.24) is 0 Å². The Balaban J connectivity index is 4.38. The molecule has 0 aromatic heterocycles. The van der Waals surface area contributed by atoms with E-state index in [1.54, 1.807) is 0 Å². The molecular weight excluding hydrogens is 719 g/mol. The lowest BCUT2D eigenvalue weighted by atomic mass is 10.1. The molecule has 0 aliphatic carbocycles. The molecule has 0 saturated carbocycles. The van der Waals surface area contributed by atoms with Crippen LogP contribution >= 0.6 is 7.82 Å². The summed E-state index contributed by atoms with van der Waals surface area (Å²) in [5.41, 5.74) is 0. The summed E-state index contributed by atoms with van der Waals surface area (Å²) < 4.78 is 32.6. The van der Waals surface area contributed by atoms with Crippen LogP contribution in [0.1, 0.15) is 168 Å². The summed E-state index contributed by atoms with van der Waals surface area (Å²) in [4.78, 5) is 34.9. The van der Waals surface area contributed by atoms with Gasteiger partial charge in [0, 0.05) is 12.8 Å². The molecule has 0 saturated heterocycles. The van der Waals surface area contributed by atoms with Gasteiger partial charge in [0.25, 0.3) is 0 Å². The first-order chi connectivity index (χ1) is 26.7. The monoisotopic (exact) mass is 797 g/mol. The van der Waals surface area contributed by atoms with E-state index in [0.717, 1.165) is 64.2 Å². The molecule has 0 aliphatic heterocycles. The number of hydrogen-bond acceptors (Lipinski definition) is 9. The highest BCUT2D eigenvalue weighted by molar-refractivity contribution is 7.47. The molecule has 0 heterocycles. The van der Waals surface area contributed by atoms with Gasteiger partial charge < -0.3 is 24.6 Å². The fraction of sp³-hybridized carbons (Fsp3) is 0.727. The van der Waals surface area contributed by atoms with Crippen LogP contribution in [0.2, 0.25) is 0 Å². The van der Waals surface area contributed by atoms with Crippen molar-refractivity contribution < 1.29 is 47.8 Å².